The third kappa shape index (κ3) is 3.15. The minimum atomic E-state index is -0.604. The number of anilines is 1. The number of nitrogens with one attached hydrogen (secondary N) is 2. The Hall–Kier alpha value is -3.27. The van der Waals surface area contributed by atoms with E-state index in [1.54, 1.807) is 16.6 Å². The van der Waals surface area contributed by atoms with E-state index >= 15 is 0 Å². The summed E-state index contributed by atoms with van der Waals surface area (Å²) in [5.74, 6) is -0.207. The van der Waals surface area contributed by atoms with Crippen molar-refractivity contribution in [1.29, 1.82) is 0 Å². The van der Waals surface area contributed by atoms with Crippen LogP contribution in [-0.2, 0) is 5.41 Å². The summed E-state index contributed by atoms with van der Waals surface area (Å²) in [4.78, 5) is 35.9. The van der Waals surface area contributed by atoms with Crippen molar-refractivity contribution in [2.75, 3.05) is 31.6 Å². The maximum Gasteiger partial charge on any atom is 0.275 e. The smallest absolute Gasteiger partial charge is 0.275 e. The van der Waals surface area contributed by atoms with Crippen molar-refractivity contribution in [3.63, 3.8) is 0 Å². The van der Waals surface area contributed by atoms with Crippen molar-refractivity contribution in [1.82, 2.24) is 29.8 Å². The van der Waals surface area contributed by atoms with Gasteiger partial charge in [-0.05, 0) is 56.4 Å². The second-order valence-corrected chi connectivity index (χ2v) is 9.91. The first kappa shape index (κ1) is 21.3. The number of carbonyl (C=O) groups excluding carboxylic acids is 1. The summed E-state index contributed by atoms with van der Waals surface area (Å²) in [5, 5.41) is 7.23. The van der Waals surface area contributed by atoms with Crippen molar-refractivity contribution in [3.05, 3.63) is 57.8 Å². The monoisotopic (exact) mass is 465 g/mol. The largest absolute Gasteiger partial charge is 0.368 e. The van der Waals surface area contributed by atoms with E-state index in [9.17, 15) is 14.0 Å². The van der Waals surface area contributed by atoms with Crippen LogP contribution >= 0.6 is 0 Å². The van der Waals surface area contributed by atoms with Gasteiger partial charge in [-0.2, -0.15) is 9.49 Å². The predicted molar refractivity (Wildman–Crippen MR) is 125 cm³/mol. The zero-order chi connectivity index (χ0) is 23.6. The molecule has 178 valence electrons. The Morgan fingerprint density at radius 2 is 1.97 bits per heavy atom. The van der Waals surface area contributed by atoms with Crippen LogP contribution in [0.2, 0.25) is 0 Å². The molecule has 1 aliphatic carbocycles. The lowest BCUT2D eigenvalue weighted by atomic mass is 9.69. The van der Waals surface area contributed by atoms with Gasteiger partial charge in [0.05, 0.1) is 5.69 Å². The maximum absolute atomic E-state index is 14.6. The Balaban J connectivity index is 1.14. The molecular weight excluding hydrogens is 437 g/mol. The number of aromatic nitrogens is 4. The number of aryl methyl sites for hydroxylation is 1. The molecule has 3 aromatic rings. The van der Waals surface area contributed by atoms with Gasteiger partial charge in [-0.3, -0.25) is 14.5 Å². The Bertz CT molecular complexity index is 1330. The molecule has 2 bridgehead atoms. The van der Waals surface area contributed by atoms with Gasteiger partial charge in [-0.15, -0.1) is 0 Å². The Labute approximate surface area is 196 Å². The summed E-state index contributed by atoms with van der Waals surface area (Å²) in [6.45, 7) is 4.30. The molecule has 4 fully saturated rings. The van der Waals surface area contributed by atoms with Crippen LogP contribution in [0.1, 0.15) is 47.6 Å². The Morgan fingerprint density at radius 3 is 2.68 bits per heavy atom. The first-order valence-corrected chi connectivity index (χ1v) is 11.9. The molecule has 3 saturated heterocycles. The standard InChI is InChI=1S/C24H28FN7O2/c1-14-5-10-32-19(14)22(34)28-23(29-32)24-11-16(12-24)31(13-24)15-6-8-30(9-7-15)18-4-3-17(21(33)26-2)27-20(18)25/h3-5,10,15-16H,6-9,11-13H2,1-2H3,(H,26,33)(H,28,29,34). The normalized spacial score (nSPS) is 25.0. The van der Waals surface area contributed by atoms with Crippen LogP contribution in [0, 0.1) is 12.9 Å². The number of pyridine rings is 1. The highest BCUT2D eigenvalue weighted by Gasteiger charge is 2.59. The van der Waals surface area contributed by atoms with Gasteiger partial charge < -0.3 is 15.2 Å². The number of aromatic amines is 1. The number of nitrogens with zero attached hydrogens (tertiary/aromatic N) is 5. The predicted octanol–water partition coefficient (Wildman–Crippen LogP) is 1.61. The van der Waals surface area contributed by atoms with E-state index in [4.69, 9.17) is 5.10 Å². The molecular formula is C24H28FN7O2. The number of fused-ring (bicyclic) bond motifs is 2. The number of carbonyl (C=O) groups is 1. The van der Waals surface area contributed by atoms with Crippen molar-refractivity contribution >= 4 is 17.1 Å². The summed E-state index contributed by atoms with van der Waals surface area (Å²) in [7, 11) is 1.50. The maximum atomic E-state index is 14.6. The van der Waals surface area contributed by atoms with E-state index in [0.29, 0.717) is 23.3 Å². The number of amides is 1. The van der Waals surface area contributed by atoms with E-state index < -0.39 is 11.9 Å². The first-order valence-electron chi connectivity index (χ1n) is 11.9. The third-order valence-corrected chi connectivity index (χ3v) is 8.00. The van der Waals surface area contributed by atoms with Crippen LogP contribution in [0.15, 0.2) is 29.2 Å². The zero-order valence-electron chi connectivity index (χ0n) is 19.3. The highest BCUT2D eigenvalue weighted by Crippen LogP contribution is 2.53. The number of H-pyrrole nitrogens is 1. The van der Waals surface area contributed by atoms with E-state index in [1.165, 1.54) is 7.05 Å². The van der Waals surface area contributed by atoms with E-state index in [-0.39, 0.29) is 16.7 Å². The second kappa shape index (κ2) is 7.63. The summed E-state index contributed by atoms with van der Waals surface area (Å²) in [6, 6.07) is 6.07. The lowest BCUT2D eigenvalue weighted by Gasteiger charge is -2.40. The molecule has 34 heavy (non-hydrogen) atoms. The number of hydrogen-bond acceptors (Lipinski definition) is 6. The molecule has 3 aromatic heterocycles. The highest BCUT2D eigenvalue weighted by atomic mass is 19.1. The minimum absolute atomic E-state index is 0.0739. The average Bonchev–Trinajstić information content (AvgIpc) is 3.50. The lowest BCUT2D eigenvalue weighted by Crippen LogP contribution is -2.46. The van der Waals surface area contributed by atoms with Crippen LogP contribution in [-0.4, -0.2) is 69.2 Å². The van der Waals surface area contributed by atoms with E-state index in [0.717, 1.165) is 56.7 Å². The molecule has 3 aliphatic heterocycles. The van der Waals surface area contributed by atoms with Crippen LogP contribution < -0.4 is 15.8 Å². The molecule has 0 radical (unpaired) electrons. The molecule has 1 amide bonds. The van der Waals surface area contributed by atoms with Crippen molar-refractivity contribution in [2.24, 2.45) is 0 Å². The van der Waals surface area contributed by atoms with Gasteiger partial charge >= 0.3 is 0 Å². The van der Waals surface area contributed by atoms with Gasteiger partial charge in [0.25, 0.3) is 11.5 Å². The van der Waals surface area contributed by atoms with E-state index in [2.05, 4.69) is 20.2 Å². The van der Waals surface area contributed by atoms with Gasteiger partial charge in [0.1, 0.15) is 17.0 Å². The summed E-state index contributed by atoms with van der Waals surface area (Å²) in [6.07, 6.45) is 5.75. The quantitative estimate of drug-likeness (QED) is 0.568. The lowest BCUT2D eigenvalue weighted by molar-refractivity contribution is 0.0957. The third-order valence-electron chi connectivity index (χ3n) is 8.00. The number of rotatable bonds is 4. The van der Waals surface area contributed by atoms with Gasteiger partial charge in [0.15, 0.2) is 0 Å². The van der Waals surface area contributed by atoms with Gasteiger partial charge in [0, 0.05) is 50.4 Å². The Kier molecular flexibility index (Phi) is 4.77. The average molecular weight is 466 g/mol. The summed E-state index contributed by atoms with van der Waals surface area (Å²) in [5.41, 5.74) is 1.92. The zero-order valence-corrected chi connectivity index (χ0v) is 19.3. The molecule has 4 aliphatic rings. The number of hydrogen-bond donors (Lipinski definition) is 2. The second-order valence-electron chi connectivity index (χ2n) is 9.91. The summed E-state index contributed by atoms with van der Waals surface area (Å²) < 4.78 is 16.3. The number of piperidine rings is 1. The van der Waals surface area contributed by atoms with Crippen molar-refractivity contribution in [2.45, 2.75) is 50.1 Å². The SMILES string of the molecule is CNC(=O)c1ccc(N2CCC(N3CC4(c5nn6ccc(C)c6c(=O)[nH]5)CC3C4)CC2)c(F)n1. The fraction of sp³-hybridized carbons (Fsp3) is 0.500. The molecule has 0 aromatic carbocycles. The fourth-order valence-electron chi connectivity index (χ4n) is 6.16. The molecule has 7 rings (SSSR count). The molecule has 6 heterocycles. The van der Waals surface area contributed by atoms with Crippen LogP contribution in [0.4, 0.5) is 10.1 Å². The van der Waals surface area contributed by atoms with Gasteiger partial charge in [-0.25, -0.2) is 9.50 Å². The number of halogens is 1. The molecule has 1 saturated carbocycles. The molecule has 2 N–H and O–H groups in total. The molecule has 0 spiro atoms. The van der Waals surface area contributed by atoms with Gasteiger partial charge in [-0.1, -0.05) is 0 Å². The Morgan fingerprint density at radius 1 is 1.21 bits per heavy atom. The van der Waals surface area contributed by atoms with Gasteiger partial charge in [0.2, 0.25) is 5.95 Å². The molecule has 9 nitrogen and oxygen atoms in total. The summed E-state index contributed by atoms with van der Waals surface area (Å²) >= 11 is 0. The molecule has 10 heteroatoms. The fourth-order valence-corrected chi connectivity index (χ4v) is 6.16. The van der Waals surface area contributed by atoms with Crippen LogP contribution in [0.3, 0.4) is 0 Å². The first-order chi connectivity index (χ1) is 16.4. The topological polar surface area (TPSA) is 98.6 Å². The van der Waals surface area contributed by atoms with Crippen LogP contribution in [0.5, 0.6) is 0 Å². The van der Waals surface area contributed by atoms with Crippen molar-refractivity contribution < 1.29 is 9.18 Å². The van der Waals surface area contributed by atoms with E-state index in [1.807, 2.05) is 24.1 Å². The highest BCUT2D eigenvalue weighted by molar-refractivity contribution is 5.92. The molecule has 0 unspecified atom stereocenters. The molecule has 0 atom stereocenters. The van der Waals surface area contributed by atoms with Crippen molar-refractivity contribution in [3.8, 4) is 0 Å². The minimum Gasteiger partial charge on any atom is -0.368 e. The van der Waals surface area contributed by atoms with Crippen LogP contribution in [0.25, 0.3) is 5.52 Å².